The fourth-order valence-corrected chi connectivity index (χ4v) is 1.49. The second-order valence-corrected chi connectivity index (χ2v) is 3.51. The van der Waals surface area contributed by atoms with Gasteiger partial charge in [-0.15, -0.1) is 0 Å². The van der Waals surface area contributed by atoms with Gasteiger partial charge in [0, 0.05) is 0 Å². The summed E-state index contributed by atoms with van der Waals surface area (Å²) in [6.07, 6.45) is 11.1. The largest absolute Gasteiger partial charge is 0.365 e. The third-order valence-electron chi connectivity index (χ3n) is 2.34. The lowest BCUT2D eigenvalue weighted by atomic mass is 10.1. The molecule has 1 rings (SSSR count). The SMILES string of the molecule is CCCCCCC1OC1/C=C/C=O. The van der Waals surface area contributed by atoms with Crippen LogP contribution in [0, 0.1) is 0 Å². The first kappa shape index (κ1) is 10.5. The molecule has 0 spiro atoms. The lowest BCUT2D eigenvalue weighted by molar-refractivity contribution is -0.104. The van der Waals surface area contributed by atoms with Crippen molar-refractivity contribution in [2.24, 2.45) is 0 Å². The van der Waals surface area contributed by atoms with Gasteiger partial charge in [0.15, 0.2) is 0 Å². The molecule has 0 amide bonds. The van der Waals surface area contributed by atoms with E-state index in [0.29, 0.717) is 6.10 Å². The van der Waals surface area contributed by atoms with Gasteiger partial charge < -0.3 is 4.74 Å². The molecule has 0 aromatic rings. The first-order chi connectivity index (χ1) is 6.38. The maximum Gasteiger partial charge on any atom is 0.142 e. The smallest absolute Gasteiger partial charge is 0.142 e. The summed E-state index contributed by atoms with van der Waals surface area (Å²) in [5, 5.41) is 0. The number of ether oxygens (including phenoxy) is 1. The monoisotopic (exact) mass is 182 g/mol. The average molecular weight is 182 g/mol. The Bertz CT molecular complexity index is 175. The van der Waals surface area contributed by atoms with Crippen molar-refractivity contribution in [3.63, 3.8) is 0 Å². The molecule has 1 saturated heterocycles. The molecule has 0 bridgehead atoms. The number of unbranched alkanes of at least 4 members (excludes halogenated alkanes) is 3. The van der Waals surface area contributed by atoms with E-state index in [4.69, 9.17) is 4.74 Å². The molecule has 0 aromatic heterocycles. The van der Waals surface area contributed by atoms with Crippen LogP contribution in [0.2, 0.25) is 0 Å². The second-order valence-electron chi connectivity index (χ2n) is 3.51. The molecular weight excluding hydrogens is 164 g/mol. The molecule has 2 nitrogen and oxygen atoms in total. The molecule has 0 aromatic carbocycles. The Hall–Kier alpha value is -0.630. The molecule has 0 saturated carbocycles. The fourth-order valence-electron chi connectivity index (χ4n) is 1.49. The number of allylic oxidation sites excluding steroid dienone is 1. The zero-order valence-electron chi connectivity index (χ0n) is 8.24. The Balaban J connectivity index is 1.94. The molecule has 1 aliphatic heterocycles. The third kappa shape index (κ3) is 4.23. The Morgan fingerprint density at radius 1 is 1.31 bits per heavy atom. The maximum absolute atomic E-state index is 10.0. The van der Waals surface area contributed by atoms with Gasteiger partial charge in [0.1, 0.15) is 12.4 Å². The van der Waals surface area contributed by atoms with E-state index in [1.54, 1.807) is 0 Å². The van der Waals surface area contributed by atoms with Crippen molar-refractivity contribution in [3.05, 3.63) is 12.2 Å². The fraction of sp³-hybridized carbons (Fsp3) is 0.727. The molecule has 74 valence electrons. The van der Waals surface area contributed by atoms with Crippen LogP contribution in [0.1, 0.15) is 39.0 Å². The minimum absolute atomic E-state index is 0.229. The first-order valence-corrected chi connectivity index (χ1v) is 5.16. The molecule has 0 N–H and O–H groups in total. The zero-order valence-corrected chi connectivity index (χ0v) is 8.24. The van der Waals surface area contributed by atoms with Crippen LogP contribution in [0.4, 0.5) is 0 Å². The van der Waals surface area contributed by atoms with E-state index in [-0.39, 0.29) is 6.10 Å². The molecule has 13 heavy (non-hydrogen) atoms. The second kappa shape index (κ2) is 5.92. The van der Waals surface area contributed by atoms with Crippen molar-refractivity contribution in [2.75, 3.05) is 0 Å². The number of hydrogen-bond donors (Lipinski definition) is 0. The Morgan fingerprint density at radius 2 is 2.15 bits per heavy atom. The van der Waals surface area contributed by atoms with E-state index in [1.165, 1.54) is 31.8 Å². The Kier molecular flexibility index (Phi) is 4.76. The van der Waals surface area contributed by atoms with Crippen molar-refractivity contribution in [1.29, 1.82) is 0 Å². The molecule has 0 radical (unpaired) electrons. The van der Waals surface area contributed by atoms with Crippen molar-refractivity contribution >= 4 is 6.29 Å². The summed E-state index contributed by atoms with van der Waals surface area (Å²) in [7, 11) is 0. The van der Waals surface area contributed by atoms with Gasteiger partial charge >= 0.3 is 0 Å². The van der Waals surface area contributed by atoms with Gasteiger partial charge in [-0.3, -0.25) is 4.79 Å². The minimum Gasteiger partial charge on any atom is -0.365 e. The van der Waals surface area contributed by atoms with E-state index >= 15 is 0 Å². The maximum atomic E-state index is 10.0. The number of carbonyl (C=O) groups is 1. The van der Waals surface area contributed by atoms with E-state index in [2.05, 4.69) is 6.92 Å². The van der Waals surface area contributed by atoms with Crippen LogP contribution in [-0.2, 0) is 9.53 Å². The topological polar surface area (TPSA) is 29.6 Å². The van der Waals surface area contributed by atoms with Crippen LogP contribution in [-0.4, -0.2) is 18.5 Å². The average Bonchev–Trinajstić information content (AvgIpc) is 2.88. The summed E-state index contributed by atoms with van der Waals surface area (Å²) in [5.74, 6) is 0. The predicted octanol–water partition coefficient (Wildman–Crippen LogP) is 2.48. The summed E-state index contributed by atoms with van der Waals surface area (Å²) in [6, 6.07) is 0. The van der Waals surface area contributed by atoms with Gasteiger partial charge in [-0.2, -0.15) is 0 Å². The van der Waals surface area contributed by atoms with Crippen molar-refractivity contribution in [1.82, 2.24) is 0 Å². The van der Waals surface area contributed by atoms with Crippen LogP contribution in [0.25, 0.3) is 0 Å². The molecule has 2 heteroatoms. The van der Waals surface area contributed by atoms with Crippen molar-refractivity contribution in [2.45, 2.75) is 51.2 Å². The highest BCUT2D eigenvalue weighted by molar-refractivity contribution is 5.64. The van der Waals surface area contributed by atoms with Gasteiger partial charge in [-0.05, 0) is 12.5 Å². The third-order valence-corrected chi connectivity index (χ3v) is 2.34. The van der Waals surface area contributed by atoms with E-state index < -0.39 is 0 Å². The summed E-state index contributed by atoms with van der Waals surface area (Å²) in [6.45, 7) is 2.21. The predicted molar refractivity (Wildman–Crippen MR) is 52.6 cm³/mol. The first-order valence-electron chi connectivity index (χ1n) is 5.16. The van der Waals surface area contributed by atoms with Gasteiger partial charge in [0.05, 0.1) is 6.10 Å². The van der Waals surface area contributed by atoms with Crippen LogP contribution >= 0.6 is 0 Å². The van der Waals surface area contributed by atoms with Gasteiger partial charge in [-0.25, -0.2) is 0 Å². The number of hydrogen-bond acceptors (Lipinski definition) is 2. The number of carbonyl (C=O) groups excluding carboxylic acids is 1. The molecule has 0 aliphatic carbocycles. The Morgan fingerprint density at radius 3 is 2.85 bits per heavy atom. The lowest BCUT2D eigenvalue weighted by Gasteiger charge is -1.94. The van der Waals surface area contributed by atoms with Gasteiger partial charge in [-0.1, -0.05) is 38.7 Å². The van der Waals surface area contributed by atoms with Gasteiger partial charge in [0.2, 0.25) is 0 Å². The van der Waals surface area contributed by atoms with Gasteiger partial charge in [0.25, 0.3) is 0 Å². The normalized spacial score (nSPS) is 26.5. The number of aldehydes is 1. The highest BCUT2D eigenvalue weighted by atomic mass is 16.6. The van der Waals surface area contributed by atoms with Crippen LogP contribution in [0.3, 0.4) is 0 Å². The highest BCUT2D eigenvalue weighted by Gasteiger charge is 2.35. The summed E-state index contributed by atoms with van der Waals surface area (Å²) in [5.41, 5.74) is 0. The Labute approximate surface area is 80.0 Å². The molecule has 2 unspecified atom stereocenters. The summed E-state index contributed by atoms with van der Waals surface area (Å²) >= 11 is 0. The summed E-state index contributed by atoms with van der Waals surface area (Å²) < 4.78 is 5.35. The number of epoxide rings is 1. The minimum atomic E-state index is 0.229. The quantitative estimate of drug-likeness (QED) is 0.262. The highest BCUT2D eigenvalue weighted by Crippen LogP contribution is 2.28. The molecule has 1 aliphatic rings. The van der Waals surface area contributed by atoms with Crippen LogP contribution < -0.4 is 0 Å². The van der Waals surface area contributed by atoms with E-state index in [1.807, 2.05) is 6.08 Å². The van der Waals surface area contributed by atoms with Crippen molar-refractivity contribution in [3.8, 4) is 0 Å². The van der Waals surface area contributed by atoms with E-state index in [9.17, 15) is 4.79 Å². The zero-order chi connectivity index (χ0) is 9.52. The van der Waals surface area contributed by atoms with Crippen LogP contribution in [0.5, 0.6) is 0 Å². The van der Waals surface area contributed by atoms with E-state index in [0.717, 1.165) is 12.7 Å². The molecule has 1 heterocycles. The summed E-state index contributed by atoms with van der Waals surface area (Å²) in [4.78, 5) is 10.0. The standard InChI is InChI=1S/C11H18O2/c1-2-3-4-5-7-10-11(13-10)8-6-9-12/h6,8-11H,2-5,7H2,1H3/b8-6+. The van der Waals surface area contributed by atoms with Crippen molar-refractivity contribution < 1.29 is 9.53 Å². The molecule has 1 fully saturated rings. The molecular formula is C11H18O2. The lowest BCUT2D eigenvalue weighted by Crippen LogP contribution is -1.90. The molecule has 2 atom stereocenters. The number of rotatable bonds is 7. The van der Waals surface area contributed by atoms with Crippen LogP contribution in [0.15, 0.2) is 12.2 Å².